The minimum absolute atomic E-state index is 0.0510. The molecular formula is C8H9BrF2N2. The van der Waals surface area contributed by atoms with Crippen molar-refractivity contribution in [3.05, 3.63) is 23.0 Å². The summed E-state index contributed by atoms with van der Waals surface area (Å²) in [6.07, 6.45) is -2.61. The number of aromatic nitrogens is 1. The number of alkyl halides is 3. The van der Waals surface area contributed by atoms with Crippen LogP contribution in [0.25, 0.3) is 0 Å². The first-order valence-corrected chi connectivity index (χ1v) is 4.78. The van der Waals surface area contributed by atoms with Crippen LogP contribution in [-0.2, 0) is 5.33 Å². The van der Waals surface area contributed by atoms with Gasteiger partial charge in [0, 0.05) is 11.0 Å². The van der Waals surface area contributed by atoms with Crippen LogP contribution in [0.2, 0.25) is 0 Å². The Morgan fingerprint density at radius 3 is 2.69 bits per heavy atom. The lowest BCUT2D eigenvalue weighted by molar-refractivity contribution is 0.147. The molecule has 1 aromatic heterocycles. The Morgan fingerprint density at radius 2 is 2.23 bits per heavy atom. The zero-order chi connectivity index (χ0) is 10.0. The second kappa shape index (κ2) is 4.00. The topological polar surface area (TPSA) is 38.9 Å². The van der Waals surface area contributed by atoms with E-state index in [-0.39, 0.29) is 11.4 Å². The maximum atomic E-state index is 12.3. The van der Waals surface area contributed by atoms with Crippen LogP contribution in [-0.4, -0.2) is 4.98 Å². The van der Waals surface area contributed by atoms with Crippen molar-refractivity contribution in [1.82, 2.24) is 4.98 Å². The number of rotatable bonds is 2. The zero-order valence-electron chi connectivity index (χ0n) is 7.02. The number of nitrogens with two attached hydrogens (primary N) is 1. The molecule has 0 atom stereocenters. The molecule has 0 radical (unpaired) electrons. The van der Waals surface area contributed by atoms with Gasteiger partial charge in [-0.3, -0.25) is 0 Å². The Balaban J connectivity index is 3.20. The predicted octanol–water partition coefficient (Wildman–Crippen LogP) is 2.80. The molecule has 0 saturated carbocycles. The largest absolute Gasteiger partial charge is 0.397 e. The molecule has 0 aliphatic carbocycles. The lowest BCUT2D eigenvalue weighted by atomic mass is 10.2. The van der Waals surface area contributed by atoms with Gasteiger partial charge in [-0.2, -0.15) is 0 Å². The molecule has 0 unspecified atom stereocenters. The van der Waals surface area contributed by atoms with Crippen LogP contribution in [0.4, 0.5) is 14.5 Å². The van der Waals surface area contributed by atoms with Crippen LogP contribution < -0.4 is 5.73 Å². The molecule has 2 nitrogen and oxygen atoms in total. The molecule has 0 aromatic carbocycles. The van der Waals surface area contributed by atoms with E-state index in [1.165, 1.54) is 6.07 Å². The Hall–Kier alpha value is -0.710. The lowest BCUT2D eigenvalue weighted by Crippen LogP contribution is -2.02. The van der Waals surface area contributed by atoms with E-state index in [0.717, 1.165) is 5.56 Å². The lowest BCUT2D eigenvalue weighted by Gasteiger charge is -2.08. The van der Waals surface area contributed by atoms with Crippen molar-refractivity contribution >= 4 is 21.6 Å². The van der Waals surface area contributed by atoms with Crippen LogP contribution in [0, 0.1) is 6.92 Å². The number of nitrogen functional groups attached to an aromatic ring is 1. The normalized spacial score (nSPS) is 10.8. The summed E-state index contributed by atoms with van der Waals surface area (Å²) in [7, 11) is 0. The summed E-state index contributed by atoms with van der Waals surface area (Å²) >= 11 is 3.22. The van der Waals surface area contributed by atoms with Gasteiger partial charge < -0.3 is 5.73 Å². The highest BCUT2D eigenvalue weighted by molar-refractivity contribution is 9.08. The summed E-state index contributed by atoms with van der Waals surface area (Å²) < 4.78 is 24.6. The molecule has 72 valence electrons. The highest BCUT2D eigenvalue weighted by Gasteiger charge is 2.14. The molecule has 0 amide bonds. The fraction of sp³-hybridized carbons (Fsp3) is 0.375. The number of nitrogens with zero attached hydrogens (tertiary/aromatic N) is 1. The molecule has 1 aromatic rings. The number of halogens is 3. The second-order valence-corrected chi connectivity index (χ2v) is 3.20. The van der Waals surface area contributed by atoms with E-state index in [1.807, 2.05) is 0 Å². The molecule has 13 heavy (non-hydrogen) atoms. The van der Waals surface area contributed by atoms with Crippen LogP contribution in [0.1, 0.15) is 23.4 Å². The third kappa shape index (κ3) is 2.15. The third-order valence-electron chi connectivity index (χ3n) is 1.73. The first kappa shape index (κ1) is 10.4. The van der Waals surface area contributed by atoms with E-state index in [2.05, 4.69) is 20.9 Å². The van der Waals surface area contributed by atoms with Crippen molar-refractivity contribution in [2.24, 2.45) is 0 Å². The average Bonchev–Trinajstić information content (AvgIpc) is 2.07. The molecule has 1 rings (SSSR count). The molecule has 5 heteroatoms. The number of aryl methyl sites for hydroxylation is 1. The van der Waals surface area contributed by atoms with Gasteiger partial charge in [0.25, 0.3) is 6.43 Å². The molecule has 0 aliphatic rings. The zero-order valence-corrected chi connectivity index (χ0v) is 8.61. The maximum Gasteiger partial charge on any atom is 0.282 e. The van der Waals surface area contributed by atoms with Crippen molar-refractivity contribution in [3.63, 3.8) is 0 Å². The Morgan fingerprint density at radius 1 is 1.62 bits per heavy atom. The Labute approximate surface area is 83.3 Å². The second-order valence-electron chi connectivity index (χ2n) is 2.64. The molecular weight excluding hydrogens is 242 g/mol. The Bertz CT molecular complexity index is 315. The number of anilines is 1. The van der Waals surface area contributed by atoms with Crippen molar-refractivity contribution in [2.75, 3.05) is 5.73 Å². The summed E-state index contributed by atoms with van der Waals surface area (Å²) in [5, 5.41) is 0.569. The third-order valence-corrected chi connectivity index (χ3v) is 2.33. The van der Waals surface area contributed by atoms with Gasteiger partial charge in [0.2, 0.25) is 0 Å². The summed E-state index contributed by atoms with van der Waals surface area (Å²) in [5.74, 6) is 0. The van der Waals surface area contributed by atoms with E-state index in [9.17, 15) is 8.78 Å². The predicted molar refractivity (Wildman–Crippen MR) is 51.0 cm³/mol. The molecule has 0 bridgehead atoms. The van der Waals surface area contributed by atoms with E-state index in [1.54, 1.807) is 6.92 Å². The van der Waals surface area contributed by atoms with Gasteiger partial charge in [-0.15, -0.1) is 0 Å². The first-order valence-electron chi connectivity index (χ1n) is 3.66. The fourth-order valence-corrected chi connectivity index (χ4v) is 1.56. The van der Waals surface area contributed by atoms with Crippen LogP contribution >= 0.6 is 15.9 Å². The van der Waals surface area contributed by atoms with Gasteiger partial charge in [0.1, 0.15) is 5.69 Å². The van der Waals surface area contributed by atoms with E-state index >= 15 is 0 Å². The van der Waals surface area contributed by atoms with E-state index < -0.39 is 6.43 Å². The van der Waals surface area contributed by atoms with Crippen LogP contribution in [0.5, 0.6) is 0 Å². The van der Waals surface area contributed by atoms with Gasteiger partial charge in [-0.05, 0) is 18.6 Å². The maximum absolute atomic E-state index is 12.3. The highest BCUT2D eigenvalue weighted by atomic mass is 79.9. The van der Waals surface area contributed by atoms with Gasteiger partial charge in [-0.1, -0.05) is 15.9 Å². The summed E-state index contributed by atoms with van der Waals surface area (Å²) in [5.41, 5.74) is 6.54. The summed E-state index contributed by atoms with van der Waals surface area (Å²) in [6.45, 7) is 1.68. The molecule has 0 aliphatic heterocycles. The SMILES string of the molecule is Cc1nc(C(F)F)c(N)cc1CBr. The van der Waals surface area contributed by atoms with Gasteiger partial charge in [0.15, 0.2) is 0 Å². The molecule has 2 N–H and O–H groups in total. The smallest absolute Gasteiger partial charge is 0.282 e. The first-order chi connectivity index (χ1) is 6.06. The van der Waals surface area contributed by atoms with Crippen LogP contribution in [0.15, 0.2) is 6.07 Å². The van der Waals surface area contributed by atoms with Gasteiger partial charge in [-0.25, -0.2) is 13.8 Å². The molecule has 1 heterocycles. The van der Waals surface area contributed by atoms with Crippen molar-refractivity contribution < 1.29 is 8.78 Å². The standard InChI is InChI=1S/C8H9BrF2N2/c1-4-5(3-9)2-6(12)7(13-4)8(10)11/h2,8H,3,12H2,1H3. The van der Waals surface area contributed by atoms with Crippen molar-refractivity contribution in [1.29, 1.82) is 0 Å². The fourth-order valence-electron chi connectivity index (χ4n) is 0.993. The molecule has 0 saturated heterocycles. The average molecular weight is 251 g/mol. The quantitative estimate of drug-likeness (QED) is 0.821. The van der Waals surface area contributed by atoms with Gasteiger partial charge in [0.05, 0.1) is 5.69 Å². The van der Waals surface area contributed by atoms with E-state index in [4.69, 9.17) is 5.73 Å². The van der Waals surface area contributed by atoms with E-state index in [0.29, 0.717) is 11.0 Å². The summed E-state index contributed by atoms with van der Waals surface area (Å²) in [4.78, 5) is 3.74. The minimum Gasteiger partial charge on any atom is -0.397 e. The molecule has 0 fully saturated rings. The minimum atomic E-state index is -2.61. The van der Waals surface area contributed by atoms with Gasteiger partial charge >= 0.3 is 0 Å². The van der Waals surface area contributed by atoms with Crippen molar-refractivity contribution in [3.8, 4) is 0 Å². The number of hydrogen-bond donors (Lipinski definition) is 1. The summed E-state index contributed by atoms with van der Waals surface area (Å²) in [6, 6.07) is 1.53. The van der Waals surface area contributed by atoms with Crippen LogP contribution in [0.3, 0.4) is 0 Å². The monoisotopic (exact) mass is 250 g/mol. The number of pyridine rings is 1. The number of hydrogen-bond acceptors (Lipinski definition) is 2. The molecule has 0 spiro atoms. The Kier molecular flexibility index (Phi) is 3.19. The highest BCUT2D eigenvalue weighted by Crippen LogP contribution is 2.25. The van der Waals surface area contributed by atoms with Crippen molar-refractivity contribution in [2.45, 2.75) is 18.7 Å².